The van der Waals surface area contributed by atoms with Crippen molar-refractivity contribution in [2.45, 2.75) is 144 Å². The van der Waals surface area contributed by atoms with Crippen LogP contribution < -0.4 is 10.2 Å². The average Bonchev–Trinajstić information content (AvgIpc) is 3.25. The molecule has 2 N–H and O–H groups in total. The number of hydrogen-bond acceptors (Lipinski definition) is 10. The van der Waals surface area contributed by atoms with Gasteiger partial charge in [-0.1, -0.05) is 18.6 Å². The molecule has 0 aromatic carbocycles. The second-order valence-electron chi connectivity index (χ2n) is 14.6. The molecule has 1 unspecified atom stereocenters. The number of halogens is 1. The van der Waals surface area contributed by atoms with Crippen molar-refractivity contribution in [3.8, 4) is 0 Å². The number of anilines is 1. The molecular weight excluding hydrogens is 686 g/mol. The van der Waals surface area contributed by atoms with Crippen LogP contribution in [0.3, 0.4) is 0 Å². The van der Waals surface area contributed by atoms with Gasteiger partial charge >= 0.3 is 18.2 Å². The summed E-state index contributed by atoms with van der Waals surface area (Å²) in [6.45, 7) is 18.1. The van der Waals surface area contributed by atoms with Crippen molar-refractivity contribution >= 4 is 56.9 Å². The quantitative estimate of drug-likeness (QED) is 0.0863. The molecule has 0 spiro atoms. The van der Waals surface area contributed by atoms with E-state index in [9.17, 15) is 19.5 Å². The Kier molecular flexibility index (Phi) is 14.9. The van der Waals surface area contributed by atoms with Crippen LogP contribution in [0.25, 0.3) is 17.0 Å². The molecule has 48 heavy (non-hydrogen) atoms. The molecule has 0 radical (unpaired) electrons. The Morgan fingerprint density at radius 3 is 2.25 bits per heavy atom. The Labute approximate surface area is 292 Å². The lowest BCUT2D eigenvalue weighted by Gasteiger charge is -2.33. The number of allylic oxidation sites excluding steroid dienone is 1. The van der Waals surface area contributed by atoms with Crippen LogP contribution in [-0.4, -0.2) is 74.4 Å². The minimum atomic E-state index is -1.73. The lowest BCUT2D eigenvalue weighted by atomic mass is 10.1. The smallest absolute Gasteiger partial charge is 0.420 e. The number of aryl methyl sites for hydroxylation is 1. The number of hydrogen-bond donors (Lipinski definition) is 2. The third-order valence-corrected chi connectivity index (χ3v) is 7.10. The summed E-state index contributed by atoms with van der Waals surface area (Å²) >= 11 is 3.58. The van der Waals surface area contributed by atoms with Crippen LogP contribution in [0.15, 0.2) is 16.9 Å². The summed E-state index contributed by atoms with van der Waals surface area (Å²) in [5, 5.41) is 19.3. The first-order chi connectivity index (χ1) is 22.1. The Bertz CT molecular complexity index is 1420. The van der Waals surface area contributed by atoms with Crippen LogP contribution in [0.5, 0.6) is 0 Å². The van der Waals surface area contributed by atoms with Crippen LogP contribution in [0.1, 0.15) is 113 Å². The molecular formula is C34H54BrN5O8. The molecule has 0 bridgehead atoms. The van der Waals surface area contributed by atoms with Crippen LogP contribution >= 0.6 is 15.9 Å². The van der Waals surface area contributed by atoms with E-state index in [0.29, 0.717) is 34.9 Å². The Hall–Kier alpha value is -3.23. The van der Waals surface area contributed by atoms with Gasteiger partial charge in [0.25, 0.3) is 0 Å². The highest BCUT2D eigenvalue weighted by Crippen LogP contribution is 2.36. The van der Waals surface area contributed by atoms with Crippen molar-refractivity contribution in [3.63, 3.8) is 0 Å². The largest absolute Gasteiger partial charge is 0.469 e. The van der Waals surface area contributed by atoms with Gasteiger partial charge in [-0.25, -0.2) is 19.5 Å². The normalized spacial score (nSPS) is 13.8. The zero-order chi connectivity index (χ0) is 36.4. The summed E-state index contributed by atoms with van der Waals surface area (Å²) in [6.07, 6.45) is 6.64. The molecule has 2 rings (SSSR count). The predicted molar refractivity (Wildman–Crippen MR) is 188 cm³/mol. The number of aliphatic hydroxyl groups is 1. The number of nitrogens with zero attached hydrogens (tertiary/aromatic N) is 4. The number of pyridine rings is 1. The lowest BCUT2D eigenvalue weighted by molar-refractivity contribution is -0.163. The van der Waals surface area contributed by atoms with Crippen molar-refractivity contribution in [1.29, 1.82) is 0 Å². The average molecular weight is 741 g/mol. The molecule has 0 saturated heterocycles. The summed E-state index contributed by atoms with van der Waals surface area (Å²) in [5.74, 6) is -0.124. The molecule has 0 aliphatic rings. The molecule has 0 fully saturated rings. The molecule has 2 atom stereocenters. The van der Waals surface area contributed by atoms with Gasteiger partial charge in [0.2, 0.25) is 6.41 Å². The van der Waals surface area contributed by atoms with Gasteiger partial charge in [-0.2, -0.15) is 5.10 Å². The molecule has 2 amide bonds. The maximum absolute atomic E-state index is 13.6. The SMILES string of the molecule is COC(=O)CCCCC/C=C/c1cnc(N(C(=O)OC(C)(C)C)C(O)OC(C)(C)C)c2c(Br)nn(CC[C@@H](C)NC(=O)OC(C)(C)C)c12. The van der Waals surface area contributed by atoms with E-state index in [1.54, 1.807) is 73.2 Å². The molecule has 0 aliphatic carbocycles. The topological polar surface area (TPSA) is 154 Å². The number of ether oxygens (including phenoxy) is 4. The molecule has 2 aromatic rings. The second-order valence-corrected chi connectivity index (χ2v) is 15.3. The Balaban J connectivity index is 2.55. The van der Waals surface area contributed by atoms with E-state index in [1.165, 1.54) is 7.11 Å². The van der Waals surface area contributed by atoms with E-state index < -0.39 is 35.4 Å². The summed E-state index contributed by atoms with van der Waals surface area (Å²) in [7, 11) is 1.39. The van der Waals surface area contributed by atoms with Crippen molar-refractivity contribution in [2.75, 3.05) is 12.0 Å². The van der Waals surface area contributed by atoms with Crippen LogP contribution in [-0.2, 0) is 30.3 Å². The van der Waals surface area contributed by atoms with Crippen molar-refractivity contribution < 1.29 is 38.4 Å². The van der Waals surface area contributed by atoms with E-state index >= 15 is 0 Å². The summed E-state index contributed by atoms with van der Waals surface area (Å²) in [4.78, 5) is 43.0. The number of esters is 1. The summed E-state index contributed by atoms with van der Waals surface area (Å²) in [5.41, 5.74) is -0.926. The maximum atomic E-state index is 13.6. The number of nitrogens with one attached hydrogen (secondary N) is 1. The third kappa shape index (κ3) is 13.7. The van der Waals surface area contributed by atoms with Gasteiger partial charge in [-0.05, 0) is 111 Å². The van der Waals surface area contributed by atoms with Gasteiger partial charge in [0, 0.05) is 30.8 Å². The van der Waals surface area contributed by atoms with Crippen LogP contribution in [0.2, 0.25) is 0 Å². The number of carbonyl (C=O) groups is 3. The van der Waals surface area contributed by atoms with Crippen LogP contribution in [0, 0.1) is 0 Å². The molecule has 0 aliphatic heterocycles. The van der Waals surface area contributed by atoms with Gasteiger partial charge in [-0.3, -0.25) is 9.48 Å². The number of unbranched alkanes of at least 4 members (excludes halogenated alkanes) is 3. The molecule has 270 valence electrons. The minimum Gasteiger partial charge on any atom is -0.469 e. The van der Waals surface area contributed by atoms with E-state index in [2.05, 4.69) is 26.2 Å². The van der Waals surface area contributed by atoms with Crippen molar-refractivity contribution in [1.82, 2.24) is 20.1 Å². The zero-order valence-electron chi connectivity index (χ0n) is 30.3. The number of aliphatic hydroxyl groups excluding tert-OH is 1. The Morgan fingerprint density at radius 2 is 1.67 bits per heavy atom. The fourth-order valence-corrected chi connectivity index (χ4v) is 5.08. The molecule has 14 heteroatoms. The number of aromatic nitrogens is 3. The first-order valence-electron chi connectivity index (χ1n) is 16.3. The highest BCUT2D eigenvalue weighted by atomic mass is 79.9. The number of alkyl carbamates (subject to hydrolysis) is 1. The predicted octanol–water partition coefficient (Wildman–Crippen LogP) is 7.47. The molecule has 2 aromatic heterocycles. The number of methoxy groups -OCH3 is 1. The van der Waals surface area contributed by atoms with Gasteiger partial charge in [0.05, 0.1) is 23.6 Å². The zero-order valence-corrected chi connectivity index (χ0v) is 31.9. The standard InChI is InChI=1S/C34H54BrN5O8/c1-22(37-29(42)46-32(2,3)4)19-20-39-26-23(17-15-13-12-14-16-18-24(41)45-11)21-36-28(25(26)27(35)38-39)40(30(43)47-33(5,6)7)31(44)48-34(8,9)10/h15,17,21-22,30,43H,12-14,16,18-20H2,1-11H3,(H,37,42)/b17-15+/t22-,30?/m1/s1. The highest BCUT2D eigenvalue weighted by Gasteiger charge is 2.35. The number of fused-ring (bicyclic) bond motifs is 1. The highest BCUT2D eigenvalue weighted by molar-refractivity contribution is 9.10. The number of carbonyl (C=O) groups excluding carboxylic acids is 3. The van der Waals surface area contributed by atoms with Crippen molar-refractivity contribution in [2.24, 2.45) is 0 Å². The fraction of sp³-hybridized carbons (Fsp3) is 0.676. The third-order valence-electron chi connectivity index (χ3n) is 6.54. The summed E-state index contributed by atoms with van der Waals surface area (Å²) < 4.78 is 23.8. The fourth-order valence-electron chi connectivity index (χ4n) is 4.53. The monoisotopic (exact) mass is 739 g/mol. The van der Waals surface area contributed by atoms with E-state index in [-0.39, 0.29) is 17.8 Å². The van der Waals surface area contributed by atoms with Crippen LogP contribution in [0.4, 0.5) is 15.4 Å². The molecule has 2 heterocycles. The Morgan fingerprint density at radius 1 is 1.02 bits per heavy atom. The lowest BCUT2D eigenvalue weighted by Crippen LogP contribution is -2.48. The second kappa shape index (κ2) is 17.4. The van der Waals surface area contributed by atoms with Gasteiger partial charge < -0.3 is 29.4 Å². The number of rotatable bonds is 14. The summed E-state index contributed by atoms with van der Waals surface area (Å²) in [6, 6.07) is -0.247. The molecule has 13 nitrogen and oxygen atoms in total. The minimum absolute atomic E-state index is 0.0917. The van der Waals surface area contributed by atoms with Gasteiger partial charge in [-0.15, -0.1) is 0 Å². The van der Waals surface area contributed by atoms with E-state index in [4.69, 9.17) is 24.0 Å². The van der Waals surface area contributed by atoms with Gasteiger partial charge in [0.15, 0.2) is 5.82 Å². The molecule has 0 saturated carbocycles. The van der Waals surface area contributed by atoms with Crippen molar-refractivity contribution in [3.05, 3.63) is 22.4 Å². The van der Waals surface area contributed by atoms with E-state index in [1.807, 2.05) is 19.1 Å². The maximum Gasteiger partial charge on any atom is 0.420 e. The first kappa shape index (κ1) is 40.9. The first-order valence-corrected chi connectivity index (χ1v) is 17.1. The number of amides is 2. The van der Waals surface area contributed by atoms with Gasteiger partial charge in [0.1, 0.15) is 15.8 Å². The van der Waals surface area contributed by atoms with E-state index in [0.717, 1.165) is 36.1 Å².